The van der Waals surface area contributed by atoms with Gasteiger partial charge in [0.1, 0.15) is 11.2 Å². The third kappa shape index (κ3) is 8.04. The molecule has 0 amide bonds. The van der Waals surface area contributed by atoms with Gasteiger partial charge in [-0.25, -0.2) is 0 Å². The minimum Gasteiger partial charge on any atom is -0.456 e. The summed E-state index contributed by atoms with van der Waals surface area (Å²) >= 11 is 0. The van der Waals surface area contributed by atoms with Gasteiger partial charge in [-0.1, -0.05) is 88.0 Å². The van der Waals surface area contributed by atoms with E-state index in [-0.39, 0.29) is 11.1 Å². The summed E-state index contributed by atoms with van der Waals surface area (Å²) in [6.45, 7) is 7.32. The van der Waals surface area contributed by atoms with Crippen LogP contribution in [0.25, 0.3) is 69.8 Å². The predicted molar refractivity (Wildman–Crippen MR) is 264 cm³/mol. The van der Waals surface area contributed by atoms with Crippen molar-refractivity contribution in [2.24, 2.45) is 28.9 Å². The molecule has 4 aliphatic carbocycles. The molecule has 0 saturated heterocycles. The zero-order chi connectivity index (χ0) is 43.0. The first-order chi connectivity index (χ1) is 30.1. The van der Waals surface area contributed by atoms with Gasteiger partial charge in [-0.05, 0) is 161 Å². The molecule has 8 N–H and O–H groups in total. The Morgan fingerprint density at radius 2 is 1.56 bits per heavy atom. The monoisotopic (exact) mass is 829 g/mol. The first-order valence-corrected chi connectivity index (χ1v) is 23.8. The summed E-state index contributed by atoms with van der Waals surface area (Å²) in [6.07, 6.45) is 39.8. The van der Waals surface area contributed by atoms with E-state index >= 15 is 0 Å². The number of rotatable bonds is 10. The maximum absolute atomic E-state index is 7.10. The molecule has 9 rings (SSSR count). The van der Waals surface area contributed by atoms with E-state index < -0.39 is 0 Å². The predicted octanol–water partition coefficient (Wildman–Crippen LogP) is 12.9. The lowest BCUT2D eigenvalue weighted by atomic mass is 9.77. The smallest absolute Gasteiger partial charge is 0.135 e. The molecule has 2 saturated carbocycles. The highest BCUT2D eigenvalue weighted by molar-refractivity contribution is 6.06. The molecule has 2 bridgehead atoms. The number of furan rings is 1. The molecule has 3 atom stereocenters. The van der Waals surface area contributed by atoms with Gasteiger partial charge < -0.3 is 36.5 Å². The van der Waals surface area contributed by atoms with Gasteiger partial charge >= 0.3 is 0 Å². The van der Waals surface area contributed by atoms with E-state index in [1.807, 2.05) is 0 Å². The van der Waals surface area contributed by atoms with E-state index in [9.17, 15) is 0 Å². The van der Waals surface area contributed by atoms with Crippen LogP contribution in [-0.2, 0) is 13.0 Å². The van der Waals surface area contributed by atoms with Crippen molar-refractivity contribution in [3.05, 3.63) is 117 Å². The number of aromatic nitrogens is 2. The van der Waals surface area contributed by atoms with Crippen LogP contribution in [0.5, 0.6) is 0 Å². The van der Waals surface area contributed by atoms with Gasteiger partial charge in [0.15, 0.2) is 0 Å². The van der Waals surface area contributed by atoms with Gasteiger partial charge in [0, 0.05) is 56.6 Å². The molecular formula is C55H68N6O. The lowest BCUT2D eigenvalue weighted by molar-refractivity contribution is 0.409. The van der Waals surface area contributed by atoms with Gasteiger partial charge in [0.25, 0.3) is 0 Å². The molecule has 0 aliphatic heterocycles. The topological polar surface area (TPSA) is 127 Å². The summed E-state index contributed by atoms with van der Waals surface area (Å²) in [4.78, 5) is 0. The van der Waals surface area contributed by atoms with Crippen molar-refractivity contribution < 1.29 is 4.42 Å². The van der Waals surface area contributed by atoms with Gasteiger partial charge in [0.05, 0.1) is 17.1 Å². The average molecular weight is 829 g/mol. The molecule has 324 valence electrons. The fourth-order valence-electron chi connectivity index (χ4n) is 11.0. The van der Waals surface area contributed by atoms with Crippen molar-refractivity contribution in [2.45, 2.75) is 141 Å². The van der Waals surface area contributed by atoms with Gasteiger partial charge in [-0.2, -0.15) is 0 Å². The zero-order valence-corrected chi connectivity index (χ0v) is 37.4. The Labute approximate surface area is 369 Å². The van der Waals surface area contributed by atoms with E-state index in [2.05, 4.69) is 121 Å². The lowest BCUT2D eigenvalue weighted by Gasteiger charge is -2.33. The van der Waals surface area contributed by atoms with Crippen molar-refractivity contribution in [2.75, 3.05) is 0 Å². The number of benzene rings is 2. The standard InChI is InChI=1S/C55H68N6O/c1-4-6-7-8-17-48-47(36-57)42-30-37(3)13-11-25-54(58,5-2)27-22-49(42)60(48)40-18-20-52-45(33-40)46-34-41(19-21-53(46)62-52)61-50-23-28-55(59)26-12-16-39(35-55)32-44(50)43(51(61)24-29-56)31-38-14-9-10-15-38/h8,17-24,27-29,31-34,37H,4-7,9-16,25-26,30,35-36,56-59H2,1-3H3/b17-8-,27-22-,28-23-,29-24-,39-32-. The van der Waals surface area contributed by atoms with Crippen molar-refractivity contribution in [3.63, 3.8) is 0 Å². The summed E-state index contributed by atoms with van der Waals surface area (Å²) in [5, 5.41) is 2.14. The highest BCUT2D eigenvalue weighted by Gasteiger charge is 2.31. The molecule has 2 aromatic carbocycles. The number of fused-ring (bicyclic) bond motifs is 7. The largest absolute Gasteiger partial charge is 0.456 e. The van der Waals surface area contributed by atoms with E-state index in [1.165, 1.54) is 51.9 Å². The van der Waals surface area contributed by atoms with E-state index in [4.69, 9.17) is 27.4 Å². The summed E-state index contributed by atoms with van der Waals surface area (Å²) in [7, 11) is 0. The normalized spacial score (nSPS) is 24.9. The summed E-state index contributed by atoms with van der Waals surface area (Å²) in [6, 6.07) is 13.3. The number of unbranched alkanes of at least 4 members (excludes halogenated alkanes) is 2. The SMILES string of the molecule is CCCC/C=C\c1c(CN)c2c(n1-c1ccc3oc4ccc(-n5c(/C=C\N)c(C=C6CCCC6)c6c5/C=C\C5(N)CCC/C(=C/6)C5)cc4c3c1)/C=C\C(N)(CC)CCCC(C)C2. The van der Waals surface area contributed by atoms with E-state index in [1.54, 1.807) is 6.20 Å². The second-order valence-electron chi connectivity index (χ2n) is 19.1. The van der Waals surface area contributed by atoms with Crippen LogP contribution in [0.4, 0.5) is 0 Å². The van der Waals surface area contributed by atoms with Crippen LogP contribution in [0.2, 0.25) is 0 Å². The molecule has 62 heavy (non-hydrogen) atoms. The molecular weight excluding hydrogens is 761 g/mol. The molecule has 3 unspecified atom stereocenters. The highest BCUT2D eigenvalue weighted by Crippen LogP contribution is 2.43. The lowest BCUT2D eigenvalue weighted by Crippen LogP contribution is -2.40. The fourth-order valence-corrected chi connectivity index (χ4v) is 11.0. The van der Waals surface area contributed by atoms with Crippen molar-refractivity contribution >= 4 is 58.4 Å². The first-order valence-electron chi connectivity index (χ1n) is 23.8. The van der Waals surface area contributed by atoms with Crippen LogP contribution < -0.4 is 22.9 Å². The van der Waals surface area contributed by atoms with Gasteiger partial charge in [0.2, 0.25) is 0 Å². The van der Waals surface area contributed by atoms with Crippen LogP contribution in [0.15, 0.2) is 76.4 Å². The third-order valence-corrected chi connectivity index (χ3v) is 14.5. The number of nitrogens with two attached hydrogens (primary N) is 4. The van der Waals surface area contributed by atoms with Crippen LogP contribution in [0.1, 0.15) is 162 Å². The highest BCUT2D eigenvalue weighted by atomic mass is 16.3. The van der Waals surface area contributed by atoms with Crippen molar-refractivity contribution in [3.8, 4) is 11.4 Å². The van der Waals surface area contributed by atoms with Crippen LogP contribution in [0, 0.1) is 5.92 Å². The van der Waals surface area contributed by atoms with E-state index in [0.717, 1.165) is 140 Å². The molecule has 0 spiro atoms. The first kappa shape index (κ1) is 42.2. The molecule has 7 heteroatoms. The summed E-state index contributed by atoms with van der Waals surface area (Å²) in [5.74, 6) is 0.515. The quantitative estimate of drug-likeness (QED) is 0.104. The van der Waals surface area contributed by atoms with Gasteiger partial charge in [-0.15, -0.1) is 0 Å². The Morgan fingerprint density at radius 1 is 0.839 bits per heavy atom. The van der Waals surface area contributed by atoms with Gasteiger partial charge in [-0.3, -0.25) is 0 Å². The number of nitrogens with zero attached hydrogens (tertiary/aromatic N) is 2. The maximum Gasteiger partial charge on any atom is 0.135 e. The molecule has 5 aromatic rings. The number of hydrogen-bond donors (Lipinski definition) is 4. The summed E-state index contributed by atoms with van der Waals surface area (Å²) in [5.41, 5.74) is 42.9. The van der Waals surface area contributed by atoms with E-state index in [0.29, 0.717) is 12.5 Å². The maximum atomic E-state index is 7.10. The van der Waals surface area contributed by atoms with Crippen LogP contribution in [-0.4, -0.2) is 20.2 Å². The molecule has 7 nitrogen and oxygen atoms in total. The Morgan fingerprint density at radius 3 is 2.26 bits per heavy atom. The third-order valence-electron chi connectivity index (χ3n) is 14.5. The minimum atomic E-state index is -0.360. The zero-order valence-electron chi connectivity index (χ0n) is 37.4. The second-order valence-corrected chi connectivity index (χ2v) is 19.1. The molecule has 0 radical (unpaired) electrons. The number of hydrogen-bond acceptors (Lipinski definition) is 5. The fraction of sp³-hybridized carbons (Fsp3) is 0.418. The van der Waals surface area contributed by atoms with Crippen molar-refractivity contribution in [1.29, 1.82) is 0 Å². The second kappa shape index (κ2) is 17.6. The van der Waals surface area contributed by atoms with Crippen LogP contribution >= 0.6 is 0 Å². The molecule has 3 heterocycles. The van der Waals surface area contributed by atoms with Crippen LogP contribution in [0.3, 0.4) is 0 Å². The Hall–Kier alpha value is -5.08. The number of allylic oxidation sites excluding steroid dienone is 2. The Bertz CT molecular complexity index is 2660. The Kier molecular flexibility index (Phi) is 12.0. The Balaban J connectivity index is 1.26. The molecule has 4 aliphatic rings. The average Bonchev–Trinajstić information content (AvgIpc) is 4.04. The molecule has 3 aromatic heterocycles. The van der Waals surface area contributed by atoms with Crippen molar-refractivity contribution in [1.82, 2.24) is 9.13 Å². The minimum absolute atomic E-state index is 0.344. The molecule has 2 fully saturated rings. The summed E-state index contributed by atoms with van der Waals surface area (Å²) < 4.78 is 11.5.